The number of hydrogen-bond acceptors (Lipinski definition) is 6. The van der Waals surface area contributed by atoms with Crippen molar-refractivity contribution in [1.82, 2.24) is 0 Å². The largest absolute Gasteiger partial charge is 0.504 e. The van der Waals surface area contributed by atoms with Crippen LogP contribution in [-0.2, 0) is 0 Å². The minimum absolute atomic E-state index is 0.0392. The SMILES string of the molecule is COc1cc(-c2ccc(N)cc2)c(OC)c(O)c1-c1ccc(OCC=C(C)C)c(O)c1. The van der Waals surface area contributed by atoms with Crippen LogP contribution in [0.5, 0.6) is 28.7 Å². The van der Waals surface area contributed by atoms with Crippen LogP contribution in [0.4, 0.5) is 5.69 Å². The van der Waals surface area contributed by atoms with Crippen LogP contribution in [-0.4, -0.2) is 31.0 Å². The first-order valence-electron chi connectivity index (χ1n) is 9.79. The zero-order valence-electron chi connectivity index (χ0n) is 18.1. The lowest BCUT2D eigenvalue weighted by Gasteiger charge is -2.18. The van der Waals surface area contributed by atoms with Gasteiger partial charge in [0.25, 0.3) is 0 Å². The highest BCUT2D eigenvalue weighted by Gasteiger charge is 2.22. The molecule has 0 bridgehead atoms. The Labute approximate surface area is 182 Å². The molecule has 0 aliphatic rings. The smallest absolute Gasteiger partial charge is 0.170 e. The number of allylic oxidation sites excluding steroid dienone is 1. The van der Waals surface area contributed by atoms with Crippen LogP contribution in [0.15, 0.2) is 60.2 Å². The molecule has 3 rings (SSSR count). The van der Waals surface area contributed by atoms with Gasteiger partial charge < -0.3 is 30.2 Å². The van der Waals surface area contributed by atoms with Crippen LogP contribution in [0, 0.1) is 0 Å². The van der Waals surface area contributed by atoms with E-state index >= 15 is 0 Å². The van der Waals surface area contributed by atoms with E-state index in [1.165, 1.54) is 20.3 Å². The third kappa shape index (κ3) is 4.69. The number of nitrogens with two attached hydrogens (primary N) is 1. The number of phenolic OH excluding ortho intramolecular Hbond substituents is 2. The molecule has 0 aliphatic heterocycles. The van der Waals surface area contributed by atoms with Gasteiger partial charge in [-0.1, -0.05) is 23.8 Å². The minimum Gasteiger partial charge on any atom is -0.504 e. The first-order valence-corrected chi connectivity index (χ1v) is 9.79. The van der Waals surface area contributed by atoms with Crippen molar-refractivity contribution < 1.29 is 24.4 Å². The van der Waals surface area contributed by atoms with Crippen molar-refractivity contribution in [2.75, 3.05) is 26.6 Å². The minimum atomic E-state index is -0.0914. The van der Waals surface area contributed by atoms with Crippen molar-refractivity contribution >= 4 is 5.69 Å². The van der Waals surface area contributed by atoms with Crippen molar-refractivity contribution in [2.24, 2.45) is 0 Å². The number of hydrogen-bond donors (Lipinski definition) is 3. The number of phenols is 2. The summed E-state index contributed by atoms with van der Waals surface area (Å²) in [6, 6.07) is 14.0. The van der Waals surface area contributed by atoms with E-state index in [-0.39, 0.29) is 11.5 Å². The third-order valence-corrected chi connectivity index (χ3v) is 4.84. The lowest BCUT2D eigenvalue weighted by molar-refractivity contribution is 0.335. The highest BCUT2D eigenvalue weighted by molar-refractivity contribution is 5.88. The molecule has 162 valence electrons. The summed E-state index contributed by atoms with van der Waals surface area (Å²) >= 11 is 0. The molecule has 0 amide bonds. The van der Waals surface area contributed by atoms with Crippen molar-refractivity contribution in [3.63, 3.8) is 0 Å². The second-order valence-electron chi connectivity index (χ2n) is 7.28. The monoisotopic (exact) mass is 421 g/mol. The summed E-state index contributed by atoms with van der Waals surface area (Å²) in [4.78, 5) is 0. The van der Waals surface area contributed by atoms with E-state index in [2.05, 4.69) is 0 Å². The molecule has 31 heavy (non-hydrogen) atoms. The number of anilines is 1. The van der Waals surface area contributed by atoms with Gasteiger partial charge in [-0.25, -0.2) is 0 Å². The molecule has 0 heterocycles. The molecule has 0 unspecified atom stereocenters. The van der Waals surface area contributed by atoms with E-state index in [9.17, 15) is 10.2 Å². The van der Waals surface area contributed by atoms with Crippen LogP contribution in [0.2, 0.25) is 0 Å². The van der Waals surface area contributed by atoms with E-state index in [1.54, 1.807) is 30.3 Å². The van der Waals surface area contributed by atoms with Gasteiger partial charge in [-0.15, -0.1) is 0 Å². The maximum atomic E-state index is 11.1. The third-order valence-electron chi connectivity index (χ3n) is 4.84. The number of rotatable bonds is 7. The standard InChI is InChI=1S/C25H27NO5/c1-15(2)11-12-31-21-10-7-17(13-20(21)27)23-22(29-3)14-19(25(30-4)24(23)28)16-5-8-18(26)9-6-16/h5-11,13-14,27-28H,12,26H2,1-4H3. The Morgan fingerprint density at radius 1 is 0.903 bits per heavy atom. The second-order valence-corrected chi connectivity index (χ2v) is 7.28. The summed E-state index contributed by atoms with van der Waals surface area (Å²) in [5.41, 5.74) is 9.99. The Kier molecular flexibility index (Phi) is 6.60. The Morgan fingerprint density at radius 2 is 1.58 bits per heavy atom. The van der Waals surface area contributed by atoms with E-state index < -0.39 is 0 Å². The molecule has 6 nitrogen and oxygen atoms in total. The van der Waals surface area contributed by atoms with Crippen LogP contribution in [0.25, 0.3) is 22.3 Å². The molecule has 0 aromatic heterocycles. The first kappa shape index (κ1) is 21.9. The predicted octanol–water partition coefficient (Wildman–Crippen LogP) is 5.38. The lowest BCUT2D eigenvalue weighted by Crippen LogP contribution is -1.97. The van der Waals surface area contributed by atoms with Gasteiger partial charge in [0.2, 0.25) is 0 Å². The van der Waals surface area contributed by atoms with Crippen LogP contribution < -0.4 is 19.9 Å². The van der Waals surface area contributed by atoms with Crippen LogP contribution in [0.1, 0.15) is 13.8 Å². The van der Waals surface area contributed by atoms with Gasteiger partial charge in [-0.2, -0.15) is 0 Å². The van der Waals surface area contributed by atoms with Gasteiger partial charge in [0.15, 0.2) is 23.0 Å². The number of methoxy groups -OCH3 is 2. The number of aromatic hydroxyl groups is 2. The van der Waals surface area contributed by atoms with Crippen LogP contribution >= 0.6 is 0 Å². The first-order chi connectivity index (χ1) is 14.8. The van der Waals surface area contributed by atoms with E-state index in [0.29, 0.717) is 46.2 Å². The van der Waals surface area contributed by atoms with Crippen molar-refractivity contribution in [1.29, 1.82) is 0 Å². The molecule has 3 aromatic rings. The molecule has 3 aromatic carbocycles. The fourth-order valence-corrected chi connectivity index (χ4v) is 3.24. The summed E-state index contributed by atoms with van der Waals surface area (Å²) in [5.74, 6) is 0.950. The Morgan fingerprint density at radius 3 is 2.16 bits per heavy atom. The predicted molar refractivity (Wildman–Crippen MR) is 123 cm³/mol. The van der Waals surface area contributed by atoms with Crippen LogP contribution in [0.3, 0.4) is 0 Å². The van der Waals surface area contributed by atoms with E-state index in [4.69, 9.17) is 19.9 Å². The summed E-state index contributed by atoms with van der Waals surface area (Å²) in [5, 5.41) is 21.5. The molecular formula is C25H27NO5. The molecule has 0 radical (unpaired) electrons. The summed E-state index contributed by atoms with van der Waals surface area (Å²) in [7, 11) is 3.01. The molecule has 4 N–H and O–H groups in total. The maximum absolute atomic E-state index is 11.1. The molecule has 0 spiro atoms. The second kappa shape index (κ2) is 9.34. The van der Waals surface area contributed by atoms with Crippen molar-refractivity contribution in [2.45, 2.75) is 13.8 Å². The Bertz CT molecular complexity index is 1100. The molecule has 0 fully saturated rings. The molecular weight excluding hydrogens is 394 g/mol. The highest BCUT2D eigenvalue weighted by atomic mass is 16.5. The Balaban J connectivity index is 2.08. The maximum Gasteiger partial charge on any atom is 0.170 e. The summed E-state index contributed by atoms with van der Waals surface area (Å²) < 4.78 is 16.7. The Hall–Kier alpha value is -3.80. The zero-order chi connectivity index (χ0) is 22.5. The van der Waals surface area contributed by atoms with Crippen molar-refractivity contribution in [3.05, 3.63) is 60.2 Å². The van der Waals surface area contributed by atoms with Crippen molar-refractivity contribution in [3.8, 4) is 51.0 Å². The van der Waals surface area contributed by atoms with E-state index in [1.807, 2.05) is 32.1 Å². The zero-order valence-corrected chi connectivity index (χ0v) is 18.1. The van der Waals surface area contributed by atoms with Gasteiger partial charge in [0.05, 0.1) is 19.8 Å². The van der Waals surface area contributed by atoms with Gasteiger partial charge >= 0.3 is 0 Å². The number of ether oxygens (including phenoxy) is 3. The highest BCUT2D eigenvalue weighted by Crippen LogP contribution is 2.50. The van der Waals surface area contributed by atoms with Gasteiger partial charge in [-0.3, -0.25) is 0 Å². The summed E-state index contributed by atoms with van der Waals surface area (Å²) in [6.07, 6.45) is 1.92. The normalized spacial score (nSPS) is 10.5. The number of nitrogen functional groups attached to an aromatic ring is 1. The van der Waals surface area contributed by atoms with Gasteiger partial charge in [0, 0.05) is 11.3 Å². The average Bonchev–Trinajstić information content (AvgIpc) is 2.74. The quantitative estimate of drug-likeness (QED) is 0.350. The molecule has 6 heteroatoms. The topological polar surface area (TPSA) is 94.2 Å². The fourth-order valence-electron chi connectivity index (χ4n) is 3.24. The number of benzene rings is 3. The lowest BCUT2D eigenvalue weighted by atomic mass is 9.96. The van der Waals surface area contributed by atoms with E-state index in [0.717, 1.165) is 11.1 Å². The molecule has 0 aliphatic carbocycles. The van der Waals surface area contributed by atoms with Gasteiger partial charge in [0.1, 0.15) is 12.4 Å². The summed E-state index contributed by atoms with van der Waals surface area (Å²) in [6.45, 7) is 4.31. The van der Waals surface area contributed by atoms with Gasteiger partial charge in [-0.05, 0) is 61.4 Å². The molecule has 0 saturated heterocycles. The fraction of sp³-hybridized carbons (Fsp3) is 0.200. The molecule has 0 saturated carbocycles. The molecule has 0 atom stereocenters. The average molecular weight is 421 g/mol.